The van der Waals surface area contributed by atoms with Crippen LogP contribution in [0.25, 0.3) is 0 Å². The Labute approximate surface area is 158 Å². The molecule has 0 heterocycles. The largest absolute Gasteiger partial charge is 0.497 e. The fraction of sp³-hybridized carbons (Fsp3) is 1.00. The molecule has 0 aromatic carbocycles. The molecule has 0 fully saturated rings. The molecule has 2 N–H and O–H groups in total. The minimum atomic E-state index is -2.42. The van der Waals surface area contributed by atoms with Gasteiger partial charge < -0.3 is 19.0 Å². The summed E-state index contributed by atoms with van der Waals surface area (Å²) in [6.45, 7) is 10.3. The zero-order chi connectivity index (χ0) is 18.8. The van der Waals surface area contributed by atoms with Crippen LogP contribution in [0.1, 0.15) is 97.8 Å². The highest BCUT2D eigenvalue weighted by Crippen LogP contribution is 2.17. The van der Waals surface area contributed by atoms with Crippen LogP contribution in [0, 0.1) is 0 Å². The van der Waals surface area contributed by atoms with E-state index < -0.39 is 8.80 Å². The van der Waals surface area contributed by atoms with E-state index in [1.54, 1.807) is 0 Å². The summed E-state index contributed by atoms with van der Waals surface area (Å²) in [7, 11) is -2.42. The Hall–Kier alpha value is 0.0569. The van der Waals surface area contributed by atoms with Crippen molar-refractivity contribution < 1.29 is 13.3 Å². The van der Waals surface area contributed by atoms with E-state index in [1.807, 2.05) is 20.4 Å². The first kappa shape index (κ1) is 25.1. The summed E-state index contributed by atoms with van der Waals surface area (Å²) in [5.41, 5.74) is 5.51. The lowest BCUT2D eigenvalue weighted by Gasteiger charge is -2.28. The van der Waals surface area contributed by atoms with Crippen molar-refractivity contribution in [3.05, 3.63) is 0 Å². The summed E-state index contributed by atoms with van der Waals surface area (Å²) in [4.78, 5) is 0. The highest BCUT2D eigenvalue weighted by molar-refractivity contribution is 6.59. The van der Waals surface area contributed by atoms with Gasteiger partial charge in [-0.2, -0.15) is 0 Å². The molecule has 1 unspecified atom stereocenters. The van der Waals surface area contributed by atoms with Crippen LogP contribution < -0.4 is 5.73 Å². The molecule has 152 valence electrons. The molecule has 0 spiro atoms. The van der Waals surface area contributed by atoms with Gasteiger partial charge in [0.2, 0.25) is 0 Å². The lowest BCUT2D eigenvalue weighted by Crippen LogP contribution is -2.45. The lowest BCUT2D eigenvalue weighted by atomic mass is 10.0. The Morgan fingerprint density at radius 3 is 1.52 bits per heavy atom. The first-order chi connectivity index (χ1) is 12.1. The molecule has 0 radical (unpaired) electrons. The van der Waals surface area contributed by atoms with E-state index in [0.29, 0.717) is 13.2 Å². The second-order valence-electron chi connectivity index (χ2n) is 7.12. The molecule has 0 aliphatic rings. The van der Waals surface area contributed by atoms with Gasteiger partial charge in [-0.05, 0) is 40.2 Å². The molecule has 0 rings (SSSR count). The van der Waals surface area contributed by atoms with Crippen molar-refractivity contribution in [1.82, 2.24) is 0 Å². The molecule has 25 heavy (non-hydrogen) atoms. The number of hydrogen-bond donors (Lipinski definition) is 1. The summed E-state index contributed by atoms with van der Waals surface area (Å²) < 4.78 is 17.6. The molecule has 4 nitrogen and oxygen atoms in total. The van der Waals surface area contributed by atoms with Gasteiger partial charge in [0.05, 0.1) is 0 Å². The van der Waals surface area contributed by atoms with Gasteiger partial charge in [-0.3, -0.25) is 0 Å². The molecule has 0 aromatic rings. The Balaban J connectivity index is 3.49. The van der Waals surface area contributed by atoms with E-state index in [2.05, 4.69) is 6.92 Å². The predicted octanol–water partition coefficient (Wildman–Crippen LogP) is 5.67. The van der Waals surface area contributed by atoms with Crippen molar-refractivity contribution in [2.75, 3.05) is 19.8 Å². The maximum Gasteiger partial charge on any atom is 0.497 e. The van der Waals surface area contributed by atoms with E-state index in [9.17, 15) is 0 Å². The normalized spacial score (nSPS) is 13.3. The standard InChI is InChI=1S/C20H45NO3Si/c1-5-22-25(4,23-6-2)24-20(3)18-16-14-12-10-8-7-9-11-13-15-17-19-21/h20H,5-19,21H2,1-4H3. The molecular formula is C20H45NO3Si. The van der Waals surface area contributed by atoms with Gasteiger partial charge in [-0.25, -0.2) is 0 Å². The molecule has 1 atom stereocenters. The van der Waals surface area contributed by atoms with Crippen LogP contribution in [-0.2, 0) is 13.3 Å². The molecular weight excluding hydrogens is 330 g/mol. The predicted molar refractivity (Wildman–Crippen MR) is 110 cm³/mol. The summed E-state index contributed by atoms with van der Waals surface area (Å²) in [6.07, 6.45) is 16.0. The summed E-state index contributed by atoms with van der Waals surface area (Å²) in [5.74, 6) is 0. The number of unbranched alkanes of at least 4 members (excludes halogenated alkanes) is 10. The molecule has 5 heteroatoms. The highest BCUT2D eigenvalue weighted by Gasteiger charge is 2.35. The average molecular weight is 376 g/mol. The zero-order valence-corrected chi connectivity index (χ0v) is 18.5. The van der Waals surface area contributed by atoms with Gasteiger partial charge in [0, 0.05) is 25.9 Å². The first-order valence-electron chi connectivity index (χ1n) is 10.7. The summed E-state index contributed by atoms with van der Waals surface area (Å²) >= 11 is 0. The van der Waals surface area contributed by atoms with Crippen molar-refractivity contribution in [2.45, 2.75) is 110 Å². The monoisotopic (exact) mass is 375 g/mol. The molecule has 0 amide bonds. The minimum absolute atomic E-state index is 0.225. The molecule has 0 aliphatic carbocycles. The van der Waals surface area contributed by atoms with Crippen LogP contribution in [0.5, 0.6) is 0 Å². The topological polar surface area (TPSA) is 53.7 Å². The van der Waals surface area contributed by atoms with Crippen molar-refractivity contribution in [1.29, 1.82) is 0 Å². The number of hydrogen-bond acceptors (Lipinski definition) is 4. The average Bonchev–Trinajstić information content (AvgIpc) is 2.56. The third-order valence-electron chi connectivity index (χ3n) is 4.54. The van der Waals surface area contributed by atoms with Crippen LogP contribution in [0.2, 0.25) is 6.55 Å². The van der Waals surface area contributed by atoms with Gasteiger partial charge in [-0.15, -0.1) is 0 Å². The second-order valence-corrected chi connectivity index (χ2v) is 9.66. The SMILES string of the molecule is CCO[Si](C)(OCC)OC(C)CCCCCCCCCCCCCN. The zero-order valence-electron chi connectivity index (χ0n) is 17.5. The second kappa shape index (κ2) is 17.5. The van der Waals surface area contributed by atoms with Gasteiger partial charge in [0.25, 0.3) is 0 Å². The fourth-order valence-electron chi connectivity index (χ4n) is 3.23. The van der Waals surface area contributed by atoms with Crippen molar-refractivity contribution >= 4 is 8.80 Å². The van der Waals surface area contributed by atoms with Crippen LogP contribution in [0.4, 0.5) is 0 Å². The van der Waals surface area contributed by atoms with Crippen molar-refractivity contribution in [2.24, 2.45) is 5.73 Å². The Morgan fingerprint density at radius 2 is 1.12 bits per heavy atom. The van der Waals surface area contributed by atoms with Crippen LogP contribution in [0.3, 0.4) is 0 Å². The lowest BCUT2D eigenvalue weighted by molar-refractivity contribution is 0.0407. The first-order valence-corrected chi connectivity index (χ1v) is 13.0. The van der Waals surface area contributed by atoms with Gasteiger partial charge >= 0.3 is 8.80 Å². The van der Waals surface area contributed by atoms with Gasteiger partial charge in [0.1, 0.15) is 0 Å². The Morgan fingerprint density at radius 1 is 0.720 bits per heavy atom. The maximum absolute atomic E-state index is 6.11. The summed E-state index contributed by atoms with van der Waals surface area (Å²) in [6, 6.07) is 0. The number of rotatable bonds is 19. The van der Waals surface area contributed by atoms with E-state index in [0.717, 1.165) is 13.0 Å². The number of nitrogens with two attached hydrogens (primary N) is 1. The quantitative estimate of drug-likeness (QED) is 0.233. The molecule has 0 bridgehead atoms. The van der Waals surface area contributed by atoms with Gasteiger partial charge in [0.15, 0.2) is 0 Å². The van der Waals surface area contributed by atoms with E-state index in [-0.39, 0.29) is 6.10 Å². The van der Waals surface area contributed by atoms with Crippen molar-refractivity contribution in [3.8, 4) is 0 Å². The highest BCUT2D eigenvalue weighted by atomic mass is 28.4. The third-order valence-corrected chi connectivity index (χ3v) is 7.00. The van der Waals surface area contributed by atoms with E-state index >= 15 is 0 Å². The minimum Gasteiger partial charge on any atom is -0.374 e. The smallest absolute Gasteiger partial charge is 0.374 e. The van der Waals surface area contributed by atoms with Crippen LogP contribution >= 0.6 is 0 Å². The molecule has 0 aromatic heterocycles. The fourth-order valence-corrected chi connectivity index (χ4v) is 5.34. The van der Waals surface area contributed by atoms with Crippen LogP contribution in [0.15, 0.2) is 0 Å². The summed E-state index contributed by atoms with van der Waals surface area (Å²) in [5, 5.41) is 0. The third kappa shape index (κ3) is 16.0. The molecule has 0 saturated heterocycles. The van der Waals surface area contributed by atoms with Crippen molar-refractivity contribution in [3.63, 3.8) is 0 Å². The Kier molecular flexibility index (Phi) is 17.5. The van der Waals surface area contributed by atoms with E-state index in [1.165, 1.54) is 70.6 Å². The molecule has 0 aliphatic heterocycles. The van der Waals surface area contributed by atoms with E-state index in [4.69, 9.17) is 19.0 Å². The Bertz CT molecular complexity index is 274. The molecule has 0 saturated carbocycles. The van der Waals surface area contributed by atoms with Crippen LogP contribution in [-0.4, -0.2) is 34.7 Å². The van der Waals surface area contributed by atoms with Gasteiger partial charge in [-0.1, -0.05) is 64.2 Å². The maximum atomic E-state index is 6.11.